The maximum Gasteiger partial charge on any atom is 0.332 e. The van der Waals surface area contributed by atoms with Gasteiger partial charge in [0.05, 0.1) is 0 Å². The summed E-state index contributed by atoms with van der Waals surface area (Å²) in [5.41, 5.74) is -1.25. The van der Waals surface area contributed by atoms with E-state index in [9.17, 15) is 19.4 Å². The Morgan fingerprint density at radius 2 is 2.07 bits per heavy atom. The molecule has 8 heteroatoms. The Labute approximate surface area is 86.1 Å². The molecule has 0 saturated carbocycles. The third-order valence-electron chi connectivity index (χ3n) is 2.32. The second kappa shape index (κ2) is 3.27. The number of nitrogens with zero attached hydrogens (tertiary/aromatic N) is 1. The van der Waals surface area contributed by atoms with Crippen molar-refractivity contribution in [3.05, 3.63) is 0 Å². The van der Waals surface area contributed by atoms with Crippen LogP contribution >= 0.6 is 6.64 Å². The minimum atomic E-state index is -3.91. The number of nitrogens with one attached hydrogen (secondary N) is 1. The number of hydrogen-bond acceptors (Lipinski definition) is 3. The third kappa shape index (κ3) is 1.56. The lowest BCUT2D eigenvalue weighted by molar-refractivity contribution is -0.125. The van der Waals surface area contributed by atoms with Gasteiger partial charge >= 0.3 is 6.03 Å². The lowest BCUT2D eigenvalue weighted by Gasteiger charge is -2.32. The van der Waals surface area contributed by atoms with Crippen LogP contribution in [0, 0.1) is 0 Å². The molecule has 0 aromatic heterocycles. The summed E-state index contributed by atoms with van der Waals surface area (Å²) in [6, 6.07) is -0.840. The van der Waals surface area contributed by atoms with Gasteiger partial charge in [-0.2, -0.15) is 0 Å². The molecule has 1 atom stereocenters. The summed E-state index contributed by atoms with van der Waals surface area (Å²) in [4.78, 5) is 41.1. The number of hydrogen-bond donors (Lipinski definition) is 3. The zero-order valence-corrected chi connectivity index (χ0v) is 9.43. The lowest BCUT2D eigenvalue weighted by atomic mass is 10.00. The average Bonchev–Trinajstić information content (AvgIpc) is 2.22. The molecule has 1 aliphatic heterocycles. The van der Waals surface area contributed by atoms with E-state index in [0.29, 0.717) is 4.67 Å². The van der Waals surface area contributed by atoms with Gasteiger partial charge in [0.15, 0.2) is 0 Å². The van der Waals surface area contributed by atoms with Gasteiger partial charge in [0.1, 0.15) is 5.54 Å². The number of imide groups is 1. The van der Waals surface area contributed by atoms with E-state index in [1.54, 1.807) is 6.92 Å². The Bertz CT molecular complexity index is 341. The van der Waals surface area contributed by atoms with Crippen LogP contribution in [0.2, 0.25) is 0 Å². The second-order valence-corrected chi connectivity index (χ2v) is 6.11. The smallest absolute Gasteiger partial charge is 0.329 e. The fourth-order valence-corrected chi connectivity index (χ4v) is 3.18. The molecule has 0 bridgehead atoms. The minimum Gasteiger partial charge on any atom is -0.329 e. The summed E-state index contributed by atoms with van der Waals surface area (Å²) in [6.45, 7) is -0.803. The van der Waals surface area contributed by atoms with Crippen LogP contribution in [-0.4, -0.2) is 31.9 Å². The van der Waals surface area contributed by atoms with Gasteiger partial charge in [0.2, 0.25) is 0 Å². The topological polar surface area (TPSA) is 89.9 Å². The van der Waals surface area contributed by atoms with Gasteiger partial charge in [-0.15, -0.1) is 0 Å². The third-order valence-corrected chi connectivity index (χ3v) is 3.95. The number of amides is 3. The minimum absolute atomic E-state index is 0.268. The van der Waals surface area contributed by atoms with E-state index in [1.165, 1.54) is 6.92 Å². The van der Waals surface area contributed by atoms with Crippen LogP contribution in [0.25, 0.3) is 0 Å². The highest BCUT2D eigenvalue weighted by molar-refractivity contribution is 8.08. The molecule has 1 saturated heterocycles. The lowest BCUT2D eigenvalue weighted by Crippen LogP contribution is -2.44. The van der Waals surface area contributed by atoms with Gasteiger partial charge < -0.3 is 9.79 Å². The molecule has 1 heterocycles. The van der Waals surface area contributed by atoms with Crippen molar-refractivity contribution in [1.82, 2.24) is 9.99 Å². The van der Waals surface area contributed by atoms with Crippen molar-refractivity contribution >= 4 is 30.4 Å². The molecule has 1 unspecified atom stereocenters. The number of carbonyl (C=O) groups excluding carboxylic acids is 2. The van der Waals surface area contributed by atoms with E-state index in [-0.39, 0.29) is 6.42 Å². The highest BCUT2D eigenvalue weighted by Gasteiger charge is 2.53. The monoisotopic (exact) mass is 238 g/mol. The number of urea groups is 1. The first-order valence-corrected chi connectivity index (χ1v) is 6.61. The molecule has 1 rings (SSSR count). The van der Waals surface area contributed by atoms with Gasteiger partial charge in [-0.25, -0.2) is 9.46 Å². The van der Waals surface area contributed by atoms with E-state index < -0.39 is 24.1 Å². The van der Waals surface area contributed by atoms with Crippen LogP contribution in [-0.2, 0) is 16.6 Å². The van der Waals surface area contributed by atoms with Crippen molar-refractivity contribution in [1.29, 1.82) is 0 Å². The average molecular weight is 238 g/mol. The second-order valence-electron chi connectivity index (χ2n) is 3.21. The number of carbonyl (C=O) groups is 2. The normalized spacial score (nSPS) is 28.1. The van der Waals surface area contributed by atoms with Crippen molar-refractivity contribution in [3.8, 4) is 0 Å². The van der Waals surface area contributed by atoms with E-state index in [4.69, 9.17) is 0 Å². The van der Waals surface area contributed by atoms with Crippen LogP contribution in [0.3, 0.4) is 0 Å². The van der Waals surface area contributed by atoms with Crippen LogP contribution in [0.5, 0.6) is 0 Å². The predicted octanol–water partition coefficient (Wildman–Crippen LogP) is -0.0840. The molecular formula is C6H11N2O4PS. The van der Waals surface area contributed by atoms with Crippen LogP contribution < -0.4 is 5.32 Å². The Kier molecular flexibility index (Phi) is 2.71. The molecule has 6 nitrogen and oxygen atoms in total. The van der Waals surface area contributed by atoms with E-state index in [2.05, 4.69) is 11.8 Å². The van der Waals surface area contributed by atoms with Gasteiger partial charge in [-0.05, 0) is 25.2 Å². The van der Waals surface area contributed by atoms with Crippen LogP contribution in [0.4, 0.5) is 4.79 Å². The van der Waals surface area contributed by atoms with E-state index >= 15 is 0 Å². The molecule has 14 heavy (non-hydrogen) atoms. The zero-order valence-electron chi connectivity index (χ0n) is 7.72. The first kappa shape index (κ1) is 11.6. The van der Waals surface area contributed by atoms with Gasteiger partial charge in [0, 0.05) is 0 Å². The fourth-order valence-electron chi connectivity index (χ4n) is 1.32. The Hall–Kier alpha value is -0.490. The standard InChI is InChI=1S/C6H11N2O4PS/c1-3-6(2)4(9)7-5(10)8(6)13(11,12)14/h3H2,1-2H3,(H,7,9,10)(H2,11,12,14). The Balaban J connectivity index is 3.21. The molecule has 0 spiro atoms. The molecule has 3 amide bonds. The van der Waals surface area contributed by atoms with Gasteiger partial charge in [-0.3, -0.25) is 10.1 Å². The fraction of sp³-hybridized carbons (Fsp3) is 0.667. The highest BCUT2D eigenvalue weighted by atomic mass is 32.5. The van der Waals surface area contributed by atoms with E-state index in [1.807, 2.05) is 5.32 Å². The molecule has 0 aliphatic carbocycles. The van der Waals surface area contributed by atoms with Crippen molar-refractivity contribution in [2.45, 2.75) is 25.8 Å². The number of rotatable bonds is 2. The summed E-state index contributed by atoms with van der Waals surface area (Å²) >= 11 is 4.43. The molecule has 3 N–H and O–H groups in total. The molecule has 0 aromatic carbocycles. The van der Waals surface area contributed by atoms with Crippen molar-refractivity contribution in [2.75, 3.05) is 0 Å². The predicted molar refractivity (Wildman–Crippen MR) is 52.8 cm³/mol. The molecule has 1 aliphatic rings. The molecule has 0 aromatic rings. The molecular weight excluding hydrogens is 227 g/mol. The van der Waals surface area contributed by atoms with Crippen LogP contribution in [0.1, 0.15) is 20.3 Å². The molecule has 0 radical (unpaired) electrons. The highest BCUT2D eigenvalue weighted by Crippen LogP contribution is 2.48. The van der Waals surface area contributed by atoms with Gasteiger partial charge in [-0.1, -0.05) is 6.92 Å². The van der Waals surface area contributed by atoms with Crippen molar-refractivity contribution < 1.29 is 19.4 Å². The maximum absolute atomic E-state index is 11.4. The Morgan fingerprint density at radius 3 is 2.36 bits per heavy atom. The summed E-state index contributed by atoms with van der Waals surface area (Å²) in [7, 11) is 0. The summed E-state index contributed by atoms with van der Waals surface area (Å²) in [5.74, 6) is -0.553. The van der Waals surface area contributed by atoms with Gasteiger partial charge in [0.25, 0.3) is 12.5 Å². The maximum atomic E-state index is 11.4. The SMILES string of the molecule is CCC1(C)C(=O)NC(=O)N1P(O)(O)=S. The molecule has 1 fully saturated rings. The van der Waals surface area contributed by atoms with Crippen LogP contribution in [0.15, 0.2) is 0 Å². The molecule has 80 valence electrons. The van der Waals surface area contributed by atoms with Crippen molar-refractivity contribution in [2.24, 2.45) is 0 Å². The largest absolute Gasteiger partial charge is 0.332 e. The first-order valence-electron chi connectivity index (χ1n) is 3.95. The summed E-state index contributed by atoms with van der Waals surface area (Å²) in [5, 5.41) is 2.00. The Morgan fingerprint density at radius 1 is 1.57 bits per heavy atom. The quantitative estimate of drug-likeness (QED) is 0.462. The zero-order chi connectivity index (χ0) is 11.1. The van der Waals surface area contributed by atoms with Crippen molar-refractivity contribution in [3.63, 3.8) is 0 Å². The summed E-state index contributed by atoms with van der Waals surface area (Å²) < 4.78 is 0.664. The van der Waals surface area contributed by atoms with E-state index in [0.717, 1.165) is 0 Å². The first-order chi connectivity index (χ1) is 6.23. The summed E-state index contributed by atoms with van der Waals surface area (Å²) in [6.07, 6.45) is 0.268.